The Balaban J connectivity index is 1.93. The molecular weight excluding hydrogens is 226 g/mol. The van der Waals surface area contributed by atoms with Crippen LogP contribution >= 0.6 is 0 Å². The van der Waals surface area contributed by atoms with Crippen LogP contribution in [0.4, 0.5) is 0 Å². The van der Waals surface area contributed by atoms with Crippen LogP contribution in [0.5, 0.6) is 0 Å². The molecular formula is C14H21N3O. The highest BCUT2D eigenvalue weighted by Gasteiger charge is 2.23. The molecule has 2 heterocycles. The third-order valence-corrected chi connectivity index (χ3v) is 3.36. The van der Waals surface area contributed by atoms with Gasteiger partial charge in [-0.05, 0) is 45.0 Å². The van der Waals surface area contributed by atoms with Gasteiger partial charge in [-0.3, -0.25) is 9.78 Å². The van der Waals surface area contributed by atoms with Gasteiger partial charge in [0.1, 0.15) is 0 Å². The molecule has 4 heteroatoms. The van der Waals surface area contributed by atoms with Crippen molar-refractivity contribution in [1.29, 1.82) is 0 Å². The van der Waals surface area contributed by atoms with Crippen molar-refractivity contribution in [2.24, 2.45) is 5.92 Å². The lowest BCUT2D eigenvalue weighted by molar-refractivity contribution is -0.133. The summed E-state index contributed by atoms with van der Waals surface area (Å²) in [6.07, 6.45) is 0.659. The van der Waals surface area contributed by atoms with Gasteiger partial charge in [0.05, 0.1) is 12.2 Å². The highest BCUT2D eigenvalue weighted by molar-refractivity contribution is 5.76. The lowest BCUT2D eigenvalue weighted by Crippen LogP contribution is -2.45. The number of carbonyl (C=O) groups is 1. The maximum atomic E-state index is 12.1. The Bertz CT molecular complexity index is 415. The minimum Gasteiger partial charge on any atom is -0.337 e. The van der Waals surface area contributed by atoms with Gasteiger partial charge in [-0.1, -0.05) is 6.07 Å². The first-order valence-corrected chi connectivity index (χ1v) is 6.60. The summed E-state index contributed by atoms with van der Waals surface area (Å²) in [6, 6.07) is 5.95. The molecule has 1 aromatic heterocycles. The maximum absolute atomic E-state index is 12.1. The Hall–Kier alpha value is -1.42. The summed E-state index contributed by atoms with van der Waals surface area (Å²) in [5.74, 6) is 0.768. The maximum Gasteiger partial charge on any atom is 0.223 e. The van der Waals surface area contributed by atoms with E-state index < -0.39 is 0 Å². The summed E-state index contributed by atoms with van der Waals surface area (Å²) in [4.78, 5) is 18.5. The third kappa shape index (κ3) is 3.29. The predicted molar refractivity (Wildman–Crippen MR) is 71.0 cm³/mol. The summed E-state index contributed by atoms with van der Waals surface area (Å²) in [5.41, 5.74) is 1.97. The Morgan fingerprint density at radius 3 is 2.83 bits per heavy atom. The molecule has 2 rings (SSSR count). The highest BCUT2D eigenvalue weighted by atomic mass is 16.2. The van der Waals surface area contributed by atoms with Gasteiger partial charge in [-0.2, -0.15) is 0 Å². The number of nitrogens with zero attached hydrogens (tertiary/aromatic N) is 2. The van der Waals surface area contributed by atoms with Crippen molar-refractivity contribution in [3.05, 3.63) is 29.6 Å². The Morgan fingerprint density at radius 2 is 2.28 bits per heavy atom. The fourth-order valence-electron chi connectivity index (χ4n) is 2.13. The molecule has 0 aliphatic carbocycles. The number of hydrogen-bond donors (Lipinski definition) is 1. The number of rotatable bonds is 5. The van der Waals surface area contributed by atoms with E-state index in [1.165, 1.54) is 0 Å². The predicted octanol–water partition coefficient (Wildman–Crippen LogP) is 1.35. The molecule has 0 saturated carbocycles. The number of aromatic nitrogens is 1. The number of nitrogens with one attached hydrogen (secondary N) is 1. The van der Waals surface area contributed by atoms with Crippen LogP contribution in [0.1, 0.15) is 24.7 Å². The minimum absolute atomic E-state index is 0.243. The molecule has 0 spiro atoms. The average molecular weight is 247 g/mol. The van der Waals surface area contributed by atoms with E-state index in [0.29, 0.717) is 18.9 Å². The monoisotopic (exact) mass is 247 g/mol. The van der Waals surface area contributed by atoms with Crippen LogP contribution in [0.15, 0.2) is 18.2 Å². The zero-order valence-electron chi connectivity index (χ0n) is 11.1. The number of carbonyl (C=O) groups excluding carboxylic acids is 1. The molecule has 4 nitrogen and oxygen atoms in total. The van der Waals surface area contributed by atoms with Crippen LogP contribution < -0.4 is 5.32 Å². The Labute approximate surface area is 108 Å². The molecule has 0 bridgehead atoms. The van der Waals surface area contributed by atoms with Crippen LogP contribution in [0.2, 0.25) is 0 Å². The van der Waals surface area contributed by atoms with E-state index in [9.17, 15) is 4.79 Å². The molecule has 1 aliphatic rings. The number of pyridine rings is 1. The molecule has 1 N–H and O–H groups in total. The van der Waals surface area contributed by atoms with Gasteiger partial charge in [-0.25, -0.2) is 0 Å². The molecule has 18 heavy (non-hydrogen) atoms. The first-order valence-electron chi connectivity index (χ1n) is 6.60. The van der Waals surface area contributed by atoms with Crippen molar-refractivity contribution in [3.63, 3.8) is 0 Å². The van der Waals surface area contributed by atoms with Crippen LogP contribution in [0, 0.1) is 12.8 Å². The molecule has 0 atom stereocenters. The van der Waals surface area contributed by atoms with E-state index in [-0.39, 0.29) is 5.91 Å². The summed E-state index contributed by atoms with van der Waals surface area (Å²) >= 11 is 0. The molecule has 1 saturated heterocycles. The van der Waals surface area contributed by atoms with Crippen LogP contribution in [-0.2, 0) is 11.3 Å². The van der Waals surface area contributed by atoms with E-state index in [2.05, 4.69) is 10.3 Å². The Morgan fingerprint density at radius 1 is 1.50 bits per heavy atom. The number of aryl methyl sites for hydroxylation is 1. The first kappa shape index (κ1) is 13.0. The molecule has 0 unspecified atom stereocenters. The molecule has 1 aliphatic heterocycles. The number of hydrogen-bond acceptors (Lipinski definition) is 3. The van der Waals surface area contributed by atoms with E-state index in [0.717, 1.165) is 31.0 Å². The van der Waals surface area contributed by atoms with Crippen molar-refractivity contribution in [1.82, 2.24) is 15.2 Å². The normalized spacial score (nSPS) is 15.2. The molecule has 1 amide bonds. The van der Waals surface area contributed by atoms with Crippen LogP contribution in [-0.4, -0.2) is 35.4 Å². The van der Waals surface area contributed by atoms with Crippen molar-refractivity contribution in [2.75, 3.05) is 19.6 Å². The molecule has 1 aromatic rings. The van der Waals surface area contributed by atoms with Crippen LogP contribution in [0.3, 0.4) is 0 Å². The van der Waals surface area contributed by atoms with Gasteiger partial charge in [-0.15, -0.1) is 0 Å². The topological polar surface area (TPSA) is 45.2 Å². The van der Waals surface area contributed by atoms with Crippen molar-refractivity contribution >= 4 is 5.91 Å². The van der Waals surface area contributed by atoms with Gasteiger partial charge in [0.15, 0.2) is 0 Å². The van der Waals surface area contributed by atoms with Crippen LogP contribution in [0.25, 0.3) is 0 Å². The summed E-state index contributed by atoms with van der Waals surface area (Å²) in [7, 11) is 0. The summed E-state index contributed by atoms with van der Waals surface area (Å²) in [6.45, 7) is 7.32. The second kappa shape index (κ2) is 5.96. The largest absolute Gasteiger partial charge is 0.337 e. The smallest absolute Gasteiger partial charge is 0.223 e. The SMILES string of the molecule is CCN(Cc1cccc(C)n1)C(=O)CC1CNC1. The van der Waals surface area contributed by atoms with Gasteiger partial charge in [0.25, 0.3) is 0 Å². The molecule has 1 fully saturated rings. The second-order valence-electron chi connectivity index (χ2n) is 4.91. The van der Waals surface area contributed by atoms with Gasteiger partial charge >= 0.3 is 0 Å². The molecule has 0 aromatic carbocycles. The van der Waals surface area contributed by atoms with Crippen molar-refractivity contribution < 1.29 is 4.79 Å². The lowest BCUT2D eigenvalue weighted by Gasteiger charge is -2.29. The standard InChI is InChI=1S/C14H21N3O/c1-3-17(14(18)7-12-8-15-9-12)10-13-6-4-5-11(2)16-13/h4-6,12,15H,3,7-10H2,1-2H3. The van der Waals surface area contributed by atoms with Crippen molar-refractivity contribution in [2.45, 2.75) is 26.8 Å². The van der Waals surface area contributed by atoms with Gasteiger partial charge in [0, 0.05) is 18.7 Å². The highest BCUT2D eigenvalue weighted by Crippen LogP contribution is 2.12. The average Bonchev–Trinajstić information content (AvgIpc) is 2.30. The quantitative estimate of drug-likeness (QED) is 0.854. The van der Waals surface area contributed by atoms with Gasteiger partial charge < -0.3 is 10.2 Å². The molecule has 98 valence electrons. The third-order valence-electron chi connectivity index (χ3n) is 3.36. The number of amides is 1. The van der Waals surface area contributed by atoms with E-state index in [4.69, 9.17) is 0 Å². The second-order valence-corrected chi connectivity index (χ2v) is 4.91. The lowest BCUT2D eigenvalue weighted by atomic mass is 9.98. The van der Waals surface area contributed by atoms with E-state index in [1.807, 2.05) is 36.9 Å². The van der Waals surface area contributed by atoms with E-state index >= 15 is 0 Å². The summed E-state index contributed by atoms with van der Waals surface area (Å²) < 4.78 is 0. The summed E-state index contributed by atoms with van der Waals surface area (Å²) in [5, 5.41) is 3.20. The fraction of sp³-hybridized carbons (Fsp3) is 0.571. The first-order chi connectivity index (χ1) is 8.69. The van der Waals surface area contributed by atoms with Gasteiger partial charge in [0.2, 0.25) is 5.91 Å². The fourth-order valence-corrected chi connectivity index (χ4v) is 2.13. The zero-order valence-corrected chi connectivity index (χ0v) is 11.1. The minimum atomic E-state index is 0.243. The van der Waals surface area contributed by atoms with E-state index in [1.54, 1.807) is 0 Å². The zero-order chi connectivity index (χ0) is 13.0. The molecule has 0 radical (unpaired) electrons. The van der Waals surface area contributed by atoms with Crippen molar-refractivity contribution in [3.8, 4) is 0 Å². The Kier molecular flexibility index (Phi) is 4.31.